The normalized spacial score (nSPS) is 14.1. The molecule has 1 heterocycles. The topological polar surface area (TPSA) is 38.8 Å². The Morgan fingerprint density at radius 2 is 1.81 bits per heavy atom. The molecule has 1 aliphatic heterocycles. The van der Waals surface area contributed by atoms with Gasteiger partial charge in [-0.2, -0.15) is 0 Å². The Balaban J connectivity index is 1.67. The standard InChI is InChI=1S/C26H23BrClNO3/c1-3-12-29-23-11-7-5-9-19(23)20(26(29)30)13-18-14-24(31-2)25(15-21(18)27)32-16-17-8-4-6-10-22(17)28/h4-11,13-15H,3,12,16H2,1-2H3/b20-13-. The van der Waals surface area contributed by atoms with Crippen molar-refractivity contribution in [3.8, 4) is 11.5 Å². The Morgan fingerprint density at radius 3 is 2.56 bits per heavy atom. The number of hydrogen-bond donors (Lipinski definition) is 0. The molecular weight excluding hydrogens is 490 g/mol. The van der Waals surface area contributed by atoms with Crippen molar-refractivity contribution in [1.29, 1.82) is 0 Å². The average Bonchev–Trinajstić information content (AvgIpc) is 3.06. The fourth-order valence-electron chi connectivity index (χ4n) is 3.75. The third-order valence-corrected chi connectivity index (χ3v) is 6.39. The average molecular weight is 513 g/mol. The molecule has 0 aliphatic carbocycles. The van der Waals surface area contributed by atoms with Gasteiger partial charge in [-0.3, -0.25) is 4.79 Å². The van der Waals surface area contributed by atoms with E-state index in [-0.39, 0.29) is 5.91 Å². The van der Waals surface area contributed by atoms with Crippen LogP contribution in [0.15, 0.2) is 65.1 Å². The number of nitrogens with zero attached hydrogens (tertiary/aromatic N) is 1. The van der Waals surface area contributed by atoms with Gasteiger partial charge in [0.2, 0.25) is 0 Å². The van der Waals surface area contributed by atoms with Gasteiger partial charge in [0.15, 0.2) is 11.5 Å². The highest BCUT2D eigenvalue weighted by molar-refractivity contribution is 9.10. The zero-order chi connectivity index (χ0) is 22.7. The molecule has 4 rings (SSSR count). The van der Waals surface area contributed by atoms with Crippen LogP contribution in [0.5, 0.6) is 11.5 Å². The molecule has 0 saturated heterocycles. The Kier molecular flexibility index (Phi) is 6.87. The summed E-state index contributed by atoms with van der Waals surface area (Å²) >= 11 is 9.87. The Hall–Kier alpha value is -2.76. The molecule has 3 aromatic rings. The summed E-state index contributed by atoms with van der Waals surface area (Å²) in [7, 11) is 1.60. The van der Waals surface area contributed by atoms with E-state index >= 15 is 0 Å². The number of amides is 1. The highest BCUT2D eigenvalue weighted by Crippen LogP contribution is 2.40. The molecule has 0 unspecified atom stereocenters. The minimum Gasteiger partial charge on any atom is -0.493 e. The molecular formula is C26H23BrClNO3. The number of carbonyl (C=O) groups excluding carboxylic acids is 1. The van der Waals surface area contributed by atoms with Crippen LogP contribution in [0.3, 0.4) is 0 Å². The van der Waals surface area contributed by atoms with Crippen molar-refractivity contribution in [2.24, 2.45) is 0 Å². The van der Waals surface area contributed by atoms with Crippen LogP contribution in [-0.2, 0) is 11.4 Å². The van der Waals surface area contributed by atoms with Crippen LogP contribution in [0.25, 0.3) is 11.6 Å². The first-order valence-corrected chi connectivity index (χ1v) is 11.6. The molecule has 32 heavy (non-hydrogen) atoms. The molecule has 0 radical (unpaired) electrons. The highest BCUT2D eigenvalue weighted by atomic mass is 79.9. The number of anilines is 1. The van der Waals surface area contributed by atoms with Gasteiger partial charge in [0, 0.05) is 32.7 Å². The lowest BCUT2D eigenvalue weighted by molar-refractivity contribution is -0.113. The lowest BCUT2D eigenvalue weighted by Gasteiger charge is -2.15. The summed E-state index contributed by atoms with van der Waals surface area (Å²) in [5, 5.41) is 0.655. The summed E-state index contributed by atoms with van der Waals surface area (Å²) in [6.45, 7) is 3.08. The minimum absolute atomic E-state index is 0.0120. The molecule has 0 aromatic heterocycles. The van der Waals surface area contributed by atoms with Gasteiger partial charge in [-0.15, -0.1) is 0 Å². The Bertz CT molecular complexity index is 1190. The van der Waals surface area contributed by atoms with Crippen LogP contribution in [0.4, 0.5) is 5.69 Å². The summed E-state index contributed by atoms with van der Waals surface area (Å²) in [6, 6.07) is 19.2. The molecule has 4 nitrogen and oxygen atoms in total. The Labute approximate surface area is 201 Å². The van der Waals surface area contributed by atoms with E-state index in [9.17, 15) is 4.79 Å². The van der Waals surface area contributed by atoms with Crippen molar-refractivity contribution in [2.45, 2.75) is 20.0 Å². The number of carbonyl (C=O) groups is 1. The maximum absolute atomic E-state index is 13.2. The number of benzene rings is 3. The number of methoxy groups -OCH3 is 1. The Morgan fingerprint density at radius 1 is 1.06 bits per heavy atom. The summed E-state index contributed by atoms with van der Waals surface area (Å²) in [5.41, 5.74) is 4.29. The van der Waals surface area contributed by atoms with E-state index in [1.54, 1.807) is 7.11 Å². The lowest BCUT2D eigenvalue weighted by Crippen LogP contribution is -2.26. The zero-order valence-corrected chi connectivity index (χ0v) is 20.2. The second-order valence-electron chi connectivity index (χ2n) is 7.44. The quantitative estimate of drug-likeness (QED) is 0.320. The van der Waals surface area contributed by atoms with Crippen molar-refractivity contribution in [2.75, 3.05) is 18.6 Å². The fourth-order valence-corrected chi connectivity index (χ4v) is 4.38. The summed E-state index contributed by atoms with van der Waals surface area (Å²) in [6.07, 6.45) is 2.80. The number of fused-ring (bicyclic) bond motifs is 1. The largest absolute Gasteiger partial charge is 0.493 e. The SMILES string of the molecule is CCCN1C(=O)/C(=C\c2cc(OC)c(OCc3ccccc3Cl)cc2Br)c2ccccc21. The lowest BCUT2D eigenvalue weighted by atomic mass is 10.0. The predicted molar refractivity (Wildman–Crippen MR) is 133 cm³/mol. The van der Waals surface area contributed by atoms with Gasteiger partial charge in [-0.05, 0) is 42.3 Å². The molecule has 1 amide bonds. The van der Waals surface area contributed by atoms with Crippen molar-refractivity contribution in [3.63, 3.8) is 0 Å². The maximum atomic E-state index is 13.2. The van der Waals surface area contributed by atoms with E-state index in [4.69, 9.17) is 21.1 Å². The first-order chi connectivity index (χ1) is 15.5. The van der Waals surface area contributed by atoms with E-state index in [1.807, 2.05) is 71.6 Å². The fraction of sp³-hybridized carbons (Fsp3) is 0.192. The minimum atomic E-state index is 0.0120. The summed E-state index contributed by atoms with van der Waals surface area (Å²) < 4.78 is 12.4. The zero-order valence-electron chi connectivity index (χ0n) is 17.9. The van der Waals surface area contributed by atoms with Crippen LogP contribution < -0.4 is 14.4 Å². The number of hydrogen-bond acceptors (Lipinski definition) is 3. The first-order valence-electron chi connectivity index (χ1n) is 10.4. The van der Waals surface area contributed by atoms with Crippen LogP contribution in [0, 0.1) is 0 Å². The molecule has 0 N–H and O–H groups in total. The van der Waals surface area contributed by atoms with Crippen molar-refractivity contribution in [3.05, 3.63) is 86.8 Å². The van der Waals surface area contributed by atoms with E-state index in [2.05, 4.69) is 22.9 Å². The van der Waals surface area contributed by atoms with E-state index in [0.717, 1.165) is 33.3 Å². The van der Waals surface area contributed by atoms with Gasteiger partial charge in [0.05, 0.1) is 12.8 Å². The van der Waals surface area contributed by atoms with Crippen LogP contribution in [0.2, 0.25) is 5.02 Å². The van der Waals surface area contributed by atoms with Crippen molar-refractivity contribution < 1.29 is 14.3 Å². The van der Waals surface area contributed by atoms with E-state index in [1.165, 1.54) is 0 Å². The molecule has 0 atom stereocenters. The molecule has 3 aromatic carbocycles. The highest BCUT2D eigenvalue weighted by Gasteiger charge is 2.31. The van der Waals surface area contributed by atoms with Crippen LogP contribution >= 0.6 is 27.5 Å². The maximum Gasteiger partial charge on any atom is 0.258 e. The van der Waals surface area contributed by atoms with Gasteiger partial charge < -0.3 is 14.4 Å². The molecule has 0 spiro atoms. The molecule has 0 bridgehead atoms. The van der Waals surface area contributed by atoms with Crippen LogP contribution in [-0.4, -0.2) is 19.6 Å². The monoisotopic (exact) mass is 511 g/mol. The molecule has 0 fully saturated rings. The number of para-hydroxylation sites is 1. The molecule has 6 heteroatoms. The number of halogens is 2. The van der Waals surface area contributed by atoms with Gasteiger partial charge in [0.1, 0.15) is 6.61 Å². The van der Waals surface area contributed by atoms with Gasteiger partial charge in [0.25, 0.3) is 5.91 Å². The van der Waals surface area contributed by atoms with E-state index in [0.29, 0.717) is 35.2 Å². The molecule has 164 valence electrons. The summed E-state index contributed by atoms with van der Waals surface area (Å²) in [5.74, 6) is 1.18. The third-order valence-electron chi connectivity index (χ3n) is 5.33. The smallest absolute Gasteiger partial charge is 0.258 e. The van der Waals surface area contributed by atoms with Gasteiger partial charge >= 0.3 is 0 Å². The number of rotatable bonds is 7. The van der Waals surface area contributed by atoms with Crippen LogP contribution in [0.1, 0.15) is 30.0 Å². The second-order valence-corrected chi connectivity index (χ2v) is 8.70. The third kappa shape index (κ3) is 4.41. The van der Waals surface area contributed by atoms with E-state index < -0.39 is 0 Å². The van der Waals surface area contributed by atoms with Crippen molar-refractivity contribution >= 4 is 50.8 Å². The van der Waals surface area contributed by atoms with Crippen molar-refractivity contribution in [1.82, 2.24) is 0 Å². The predicted octanol–water partition coefficient (Wildman–Crippen LogP) is 6.99. The second kappa shape index (κ2) is 9.80. The molecule has 1 aliphatic rings. The summed E-state index contributed by atoms with van der Waals surface area (Å²) in [4.78, 5) is 15.0. The first kappa shape index (κ1) is 22.4. The van der Waals surface area contributed by atoms with Gasteiger partial charge in [-0.1, -0.05) is 70.9 Å². The number of ether oxygens (including phenoxy) is 2. The molecule has 0 saturated carbocycles. The van der Waals surface area contributed by atoms with Gasteiger partial charge in [-0.25, -0.2) is 0 Å².